The number of morpholine rings is 1. The molecular formula is C22H38IN5O4. The van der Waals surface area contributed by atoms with E-state index in [1.54, 1.807) is 14.1 Å². The normalized spacial score (nSPS) is 16.5. The Labute approximate surface area is 208 Å². The van der Waals surface area contributed by atoms with Crippen LogP contribution in [0.1, 0.15) is 19.4 Å². The van der Waals surface area contributed by atoms with Crippen LogP contribution in [0.5, 0.6) is 5.75 Å². The molecule has 1 aromatic carbocycles. The summed E-state index contributed by atoms with van der Waals surface area (Å²) in [6.45, 7) is 9.04. The van der Waals surface area contributed by atoms with Crippen molar-refractivity contribution in [3.63, 3.8) is 0 Å². The Morgan fingerprint density at radius 3 is 2.69 bits per heavy atom. The van der Waals surface area contributed by atoms with E-state index < -0.39 is 5.60 Å². The zero-order chi connectivity index (χ0) is 22.7. The number of guanidine groups is 1. The van der Waals surface area contributed by atoms with Gasteiger partial charge in [0.15, 0.2) is 12.6 Å². The second kappa shape index (κ2) is 14.5. The molecule has 1 aliphatic heterocycles. The fraction of sp³-hybridized carbons (Fsp3) is 0.636. The molecule has 0 bridgehead atoms. The summed E-state index contributed by atoms with van der Waals surface area (Å²) in [6, 6.07) is 7.54. The molecule has 2 rings (SSSR count). The number of nitrogens with zero attached hydrogens (tertiary/aromatic N) is 3. The third-order valence-electron chi connectivity index (χ3n) is 4.83. The highest BCUT2D eigenvalue weighted by Gasteiger charge is 2.25. The number of rotatable bonds is 10. The monoisotopic (exact) mass is 563 g/mol. The molecule has 1 fully saturated rings. The number of ether oxygens (including phenoxy) is 2. The second-order valence-corrected chi connectivity index (χ2v) is 8.16. The topological polar surface area (TPSA) is 98.7 Å². The van der Waals surface area contributed by atoms with E-state index in [2.05, 4.69) is 20.5 Å². The number of aliphatic hydroxyl groups is 1. The first-order chi connectivity index (χ1) is 14.8. The second-order valence-electron chi connectivity index (χ2n) is 8.16. The summed E-state index contributed by atoms with van der Waals surface area (Å²) >= 11 is 0. The van der Waals surface area contributed by atoms with Crippen LogP contribution >= 0.6 is 24.0 Å². The molecule has 10 heteroatoms. The Balaban J connectivity index is 0.00000512. The Morgan fingerprint density at radius 1 is 1.31 bits per heavy atom. The molecule has 1 amide bonds. The zero-order valence-electron chi connectivity index (χ0n) is 19.6. The first-order valence-corrected chi connectivity index (χ1v) is 10.8. The summed E-state index contributed by atoms with van der Waals surface area (Å²) in [5.74, 6) is 1.18. The molecule has 1 unspecified atom stereocenters. The predicted molar refractivity (Wildman–Crippen MR) is 137 cm³/mol. The molecule has 9 nitrogen and oxygen atoms in total. The number of aliphatic imine (C=N–C) groups is 1. The van der Waals surface area contributed by atoms with Crippen LogP contribution in [0.2, 0.25) is 0 Å². The van der Waals surface area contributed by atoms with Gasteiger partial charge in [0.05, 0.1) is 25.4 Å². The Morgan fingerprint density at radius 2 is 2.03 bits per heavy atom. The summed E-state index contributed by atoms with van der Waals surface area (Å²) < 4.78 is 10.9. The van der Waals surface area contributed by atoms with Gasteiger partial charge in [-0.15, -0.1) is 24.0 Å². The van der Waals surface area contributed by atoms with Gasteiger partial charge in [-0.05, 0) is 31.5 Å². The number of hydrogen-bond acceptors (Lipinski definition) is 6. The van der Waals surface area contributed by atoms with Crippen LogP contribution in [-0.4, -0.2) is 99.0 Å². The average Bonchev–Trinajstić information content (AvgIpc) is 2.74. The molecule has 0 saturated carbocycles. The van der Waals surface area contributed by atoms with Crippen LogP contribution < -0.4 is 15.4 Å². The lowest BCUT2D eigenvalue weighted by atomic mass is 10.1. The van der Waals surface area contributed by atoms with Crippen LogP contribution in [0, 0.1) is 0 Å². The highest BCUT2D eigenvalue weighted by atomic mass is 127. The number of nitrogens with one attached hydrogen (secondary N) is 2. The lowest BCUT2D eigenvalue weighted by Gasteiger charge is -2.34. The summed E-state index contributed by atoms with van der Waals surface area (Å²) in [4.78, 5) is 20.0. The molecule has 1 atom stereocenters. The van der Waals surface area contributed by atoms with Crippen LogP contribution in [0.25, 0.3) is 0 Å². The number of halogens is 1. The van der Waals surface area contributed by atoms with E-state index in [-0.39, 0.29) is 36.5 Å². The molecule has 32 heavy (non-hydrogen) atoms. The minimum absolute atomic E-state index is 0. The van der Waals surface area contributed by atoms with Gasteiger partial charge in [0, 0.05) is 46.8 Å². The zero-order valence-corrected chi connectivity index (χ0v) is 21.9. The molecule has 1 heterocycles. The number of benzene rings is 1. The van der Waals surface area contributed by atoms with Crippen molar-refractivity contribution in [1.29, 1.82) is 0 Å². The van der Waals surface area contributed by atoms with Crippen LogP contribution in [0.4, 0.5) is 0 Å². The highest BCUT2D eigenvalue weighted by molar-refractivity contribution is 14.0. The maximum atomic E-state index is 11.7. The van der Waals surface area contributed by atoms with Crippen molar-refractivity contribution < 1.29 is 19.4 Å². The third-order valence-corrected chi connectivity index (χ3v) is 4.83. The van der Waals surface area contributed by atoms with Gasteiger partial charge in [-0.25, -0.2) is 4.99 Å². The minimum Gasteiger partial charge on any atom is -0.484 e. The molecule has 1 saturated heterocycles. The van der Waals surface area contributed by atoms with Crippen molar-refractivity contribution in [2.45, 2.75) is 26.0 Å². The van der Waals surface area contributed by atoms with E-state index in [1.807, 2.05) is 38.1 Å². The highest BCUT2D eigenvalue weighted by Crippen LogP contribution is 2.14. The number of carbonyl (C=O) groups excluding carboxylic acids is 1. The number of hydrogen-bond donors (Lipinski definition) is 3. The predicted octanol–water partition coefficient (Wildman–Crippen LogP) is 0.910. The lowest BCUT2D eigenvalue weighted by Crippen LogP contribution is -2.52. The summed E-state index contributed by atoms with van der Waals surface area (Å²) in [5, 5.41) is 17.2. The quantitative estimate of drug-likeness (QED) is 0.221. The number of likely N-dealkylation sites (N-methyl/N-ethyl adjacent to an activating group) is 1. The molecule has 3 N–H and O–H groups in total. The smallest absolute Gasteiger partial charge is 0.259 e. The standard InChI is InChI=1S/C22H37N5O4.HI/c1-5-23-21(25-16-22(2,29)17-27-9-11-30-12-10-27)24-14-18-7-6-8-19(13-18)31-15-20(28)26(3)4;/h6-8,13,29H,5,9-12,14-17H2,1-4H3,(H2,23,24,25);1H. The van der Waals surface area contributed by atoms with Crippen molar-refractivity contribution in [2.24, 2.45) is 4.99 Å². The molecule has 0 radical (unpaired) electrons. The Kier molecular flexibility index (Phi) is 12.9. The largest absolute Gasteiger partial charge is 0.484 e. The van der Waals surface area contributed by atoms with Crippen molar-refractivity contribution in [1.82, 2.24) is 20.4 Å². The first kappa shape index (κ1) is 28.4. The Hall–Kier alpha value is -1.63. The van der Waals surface area contributed by atoms with E-state index >= 15 is 0 Å². The van der Waals surface area contributed by atoms with E-state index in [0.717, 1.165) is 18.7 Å². The average molecular weight is 563 g/mol. The fourth-order valence-electron chi connectivity index (χ4n) is 3.09. The summed E-state index contributed by atoms with van der Waals surface area (Å²) in [5.41, 5.74) is 0.0763. The van der Waals surface area contributed by atoms with Gasteiger partial charge in [0.1, 0.15) is 5.75 Å². The summed E-state index contributed by atoms with van der Waals surface area (Å²) in [7, 11) is 3.40. The number of β-amino-alcohol motifs (C(OH)–C–C–N with tert-alkyl or cyclic N) is 1. The van der Waals surface area contributed by atoms with E-state index in [0.29, 0.717) is 51.1 Å². The van der Waals surface area contributed by atoms with Gasteiger partial charge in [-0.1, -0.05) is 12.1 Å². The lowest BCUT2D eigenvalue weighted by molar-refractivity contribution is -0.130. The van der Waals surface area contributed by atoms with E-state index in [4.69, 9.17) is 9.47 Å². The maximum absolute atomic E-state index is 11.7. The Bertz CT molecular complexity index is 724. The van der Waals surface area contributed by atoms with Gasteiger partial charge in [0.25, 0.3) is 5.91 Å². The molecular weight excluding hydrogens is 525 g/mol. The van der Waals surface area contributed by atoms with Crippen molar-refractivity contribution in [3.05, 3.63) is 29.8 Å². The van der Waals surface area contributed by atoms with Gasteiger partial charge in [-0.3, -0.25) is 9.69 Å². The fourth-order valence-corrected chi connectivity index (χ4v) is 3.09. The number of carbonyl (C=O) groups is 1. The molecule has 1 aliphatic rings. The van der Waals surface area contributed by atoms with Crippen molar-refractivity contribution in [2.75, 3.05) is 66.6 Å². The third kappa shape index (κ3) is 10.8. The van der Waals surface area contributed by atoms with Gasteiger partial charge in [0.2, 0.25) is 0 Å². The first-order valence-electron chi connectivity index (χ1n) is 10.8. The summed E-state index contributed by atoms with van der Waals surface area (Å²) in [6.07, 6.45) is 0. The van der Waals surface area contributed by atoms with Gasteiger partial charge in [-0.2, -0.15) is 0 Å². The molecule has 0 aliphatic carbocycles. The molecule has 182 valence electrons. The van der Waals surface area contributed by atoms with Crippen molar-refractivity contribution in [3.8, 4) is 5.75 Å². The molecule has 0 spiro atoms. The van der Waals surface area contributed by atoms with E-state index in [9.17, 15) is 9.90 Å². The minimum atomic E-state index is -0.889. The maximum Gasteiger partial charge on any atom is 0.259 e. The van der Waals surface area contributed by atoms with Crippen LogP contribution in [-0.2, 0) is 16.1 Å². The molecule has 0 aromatic heterocycles. The van der Waals surface area contributed by atoms with Gasteiger partial charge >= 0.3 is 0 Å². The van der Waals surface area contributed by atoms with E-state index in [1.165, 1.54) is 4.90 Å². The van der Waals surface area contributed by atoms with Crippen LogP contribution in [0.3, 0.4) is 0 Å². The van der Waals surface area contributed by atoms with Crippen molar-refractivity contribution >= 4 is 35.8 Å². The van der Waals surface area contributed by atoms with Gasteiger partial charge < -0.3 is 30.1 Å². The van der Waals surface area contributed by atoms with Crippen LogP contribution in [0.15, 0.2) is 29.3 Å². The number of amides is 1. The SMILES string of the molecule is CCNC(=NCc1cccc(OCC(=O)N(C)C)c1)NCC(C)(O)CN1CCOCC1.I. The molecule has 1 aromatic rings.